The van der Waals surface area contributed by atoms with E-state index in [2.05, 4.69) is 22.4 Å². The third kappa shape index (κ3) is 2.56. The van der Waals surface area contributed by atoms with E-state index in [-0.39, 0.29) is 0 Å². The fourth-order valence-corrected chi connectivity index (χ4v) is 2.64. The van der Waals surface area contributed by atoms with Crippen LogP contribution in [0.4, 0.5) is 5.69 Å². The van der Waals surface area contributed by atoms with E-state index in [0.29, 0.717) is 12.1 Å². The summed E-state index contributed by atoms with van der Waals surface area (Å²) in [4.78, 5) is 4.26. The number of nitrogens with one attached hydrogen (secondary N) is 1. The molecule has 19 heavy (non-hydrogen) atoms. The second kappa shape index (κ2) is 5.09. The van der Waals surface area contributed by atoms with Crippen molar-refractivity contribution < 1.29 is 0 Å². The first-order valence-electron chi connectivity index (χ1n) is 5.91. The van der Waals surface area contributed by atoms with Crippen molar-refractivity contribution in [2.45, 2.75) is 6.54 Å². The summed E-state index contributed by atoms with van der Waals surface area (Å²) >= 11 is 1.64. The van der Waals surface area contributed by atoms with Crippen molar-refractivity contribution in [3.8, 4) is 6.07 Å². The van der Waals surface area contributed by atoms with Crippen molar-refractivity contribution in [3.63, 3.8) is 0 Å². The van der Waals surface area contributed by atoms with Crippen LogP contribution < -0.4 is 5.32 Å². The maximum absolute atomic E-state index is 8.87. The predicted octanol–water partition coefficient (Wildman–Crippen LogP) is 3.78. The normalized spacial score (nSPS) is 10.3. The van der Waals surface area contributed by atoms with E-state index in [1.807, 2.05) is 41.9 Å². The Hall–Kier alpha value is -2.38. The molecule has 1 aromatic heterocycles. The number of hydrogen-bond acceptors (Lipinski definition) is 4. The zero-order valence-corrected chi connectivity index (χ0v) is 10.9. The third-order valence-electron chi connectivity index (χ3n) is 2.88. The van der Waals surface area contributed by atoms with Crippen LogP contribution >= 0.6 is 11.3 Å². The average molecular weight is 265 g/mol. The van der Waals surface area contributed by atoms with Gasteiger partial charge in [-0.05, 0) is 35.9 Å². The number of hydrogen-bond donors (Lipinski definition) is 1. The Labute approximate surface area is 115 Å². The fourth-order valence-electron chi connectivity index (χ4n) is 1.92. The van der Waals surface area contributed by atoms with Gasteiger partial charge in [0.15, 0.2) is 0 Å². The van der Waals surface area contributed by atoms with Gasteiger partial charge >= 0.3 is 0 Å². The summed E-state index contributed by atoms with van der Waals surface area (Å²) in [5.74, 6) is 0. The maximum atomic E-state index is 8.87. The van der Waals surface area contributed by atoms with E-state index in [9.17, 15) is 0 Å². The minimum Gasteiger partial charge on any atom is -0.381 e. The Bertz CT molecular complexity index is 755. The Morgan fingerprint density at radius 2 is 2.16 bits per heavy atom. The molecular formula is C15H11N3S. The highest BCUT2D eigenvalue weighted by Gasteiger charge is 1.99. The lowest BCUT2D eigenvalue weighted by Gasteiger charge is -2.06. The molecule has 3 aromatic rings. The number of rotatable bonds is 3. The van der Waals surface area contributed by atoms with Gasteiger partial charge in [-0.15, -0.1) is 11.3 Å². The molecule has 3 rings (SSSR count). The van der Waals surface area contributed by atoms with Crippen LogP contribution in [0.15, 0.2) is 48.0 Å². The lowest BCUT2D eigenvalue weighted by molar-refractivity contribution is 1.15. The first kappa shape index (κ1) is 11.7. The molecule has 0 spiro atoms. The molecule has 0 atom stereocenters. The first-order valence-corrected chi connectivity index (χ1v) is 6.79. The molecule has 0 saturated carbocycles. The molecule has 1 heterocycles. The number of anilines is 1. The molecule has 0 amide bonds. The van der Waals surface area contributed by atoms with Crippen molar-refractivity contribution in [1.82, 2.24) is 4.98 Å². The number of aromatic nitrogens is 1. The van der Waals surface area contributed by atoms with Gasteiger partial charge in [-0.2, -0.15) is 5.26 Å². The molecule has 0 saturated heterocycles. The summed E-state index contributed by atoms with van der Waals surface area (Å²) in [6.07, 6.45) is 0. The second-order valence-corrected chi connectivity index (χ2v) is 5.09. The van der Waals surface area contributed by atoms with Gasteiger partial charge in [0.1, 0.15) is 0 Å². The highest BCUT2D eigenvalue weighted by atomic mass is 32.1. The lowest BCUT2D eigenvalue weighted by atomic mass is 10.1. The van der Waals surface area contributed by atoms with Crippen LogP contribution in [0, 0.1) is 11.3 Å². The molecule has 2 aromatic carbocycles. The van der Waals surface area contributed by atoms with Crippen LogP contribution in [0.5, 0.6) is 0 Å². The average Bonchev–Trinajstić information content (AvgIpc) is 2.93. The monoisotopic (exact) mass is 265 g/mol. The zero-order chi connectivity index (χ0) is 13.1. The van der Waals surface area contributed by atoms with E-state index in [4.69, 9.17) is 5.26 Å². The Morgan fingerprint density at radius 1 is 1.21 bits per heavy atom. The van der Waals surface area contributed by atoms with Gasteiger partial charge in [-0.25, -0.2) is 4.98 Å². The van der Waals surface area contributed by atoms with Crippen molar-refractivity contribution >= 4 is 27.2 Å². The van der Waals surface area contributed by atoms with E-state index in [1.165, 1.54) is 4.70 Å². The van der Waals surface area contributed by atoms with Crippen molar-refractivity contribution in [1.29, 1.82) is 5.26 Å². The zero-order valence-electron chi connectivity index (χ0n) is 10.1. The molecule has 0 aliphatic carbocycles. The number of fused-ring (bicyclic) bond motifs is 1. The minimum atomic E-state index is 0.692. The van der Waals surface area contributed by atoms with Crippen molar-refractivity contribution in [3.05, 3.63) is 59.1 Å². The smallest absolute Gasteiger partial charge is 0.0991 e. The van der Waals surface area contributed by atoms with Crippen LogP contribution in [0.25, 0.3) is 10.2 Å². The van der Waals surface area contributed by atoms with Gasteiger partial charge < -0.3 is 5.32 Å². The molecule has 0 aliphatic heterocycles. The lowest BCUT2D eigenvalue weighted by Crippen LogP contribution is -1.99. The van der Waals surface area contributed by atoms with Gasteiger partial charge in [0.25, 0.3) is 0 Å². The molecule has 0 fully saturated rings. The predicted molar refractivity (Wildman–Crippen MR) is 78.1 cm³/mol. The Kier molecular flexibility index (Phi) is 3.13. The fraction of sp³-hybridized carbons (Fsp3) is 0.0667. The molecule has 0 unspecified atom stereocenters. The minimum absolute atomic E-state index is 0.692. The van der Waals surface area contributed by atoms with Crippen LogP contribution in [-0.4, -0.2) is 4.98 Å². The van der Waals surface area contributed by atoms with Gasteiger partial charge in [0, 0.05) is 12.2 Å². The number of benzene rings is 2. The molecule has 92 valence electrons. The summed E-state index contributed by atoms with van der Waals surface area (Å²) < 4.78 is 1.18. The molecule has 4 heteroatoms. The summed E-state index contributed by atoms with van der Waals surface area (Å²) in [7, 11) is 0. The van der Waals surface area contributed by atoms with Crippen LogP contribution in [0.2, 0.25) is 0 Å². The number of nitriles is 1. The van der Waals surface area contributed by atoms with E-state index >= 15 is 0 Å². The van der Waals surface area contributed by atoms with Gasteiger partial charge in [0.2, 0.25) is 0 Å². The van der Waals surface area contributed by atoms with Crippen LogP contribution in [-0.2, 0) is 6.54 Å². The molecular weight excluding hydrogens is 254 g/mol. The Balaban J connectivity index is 1.76. The Morgan fingerprint density at radius 3 is 3.05 bits per heavy atom. The largest absolute Gasteiger partial charge is 0.381 e. The summed E-state index contributed by atoms with van der Waals surface area (Å²) in [5.41, 5.74) is 5.74. The summed E-state index contributed by atoms with van der Waals surface area (Å²) in [5, 5.41) is 12.2. The number of thiazole rings is 1. The first-order chi connectivity index (χ1) is 9.35. The quantitative estimate of drug-likeness (QED) is 0.784. The molecule has 0 bridgehead atoms. The third-order valence-corrected chi connectivity index (χ3v) is 3.68. The van der Waals surface area contributed by atoms with E-state index in [0.717, 1.165) is 16.8 Å². The van der Waals surface area contributed by atoms with E-state index in [1.54, 1.807) is 11.3 Å². The van der Waals surface area contributed by atoms with Gasteiger partial charge in [-0.1, -0.05) is 12.1 Å². The summed E-state index contributed by atoms with van der Waals surface area (Å²) in [6.45, 7) is 0.708. The standard InChI is InChI=1S/C15H11N3S/c16-8-11-2-1-3-12(6-11)9-17-13-4-5-14-15(7-13)19-10-18-14/h1-7,10,17H,9H2. The van der Waals surface area contributed by atoms with Crippen molar-refractivity contribution in [2.75, 3.05) is 5.32 Å². The maximum Gasteiger partial charge on any atom is 0.0991 e. The van der Waals surface area contributed by atoms with Gasteiger partial charge in [-0.3, -0.25) is 0 Å². The number of nitrogens with zero attached hydrogens (tertiary/aromatic N) is 2. The topological polar surface area (TPSA) is 48.7 Å². The van der Waals surface area contributed by atoms with Crippen LogP contribution in [0.3, 0.4) is 0 Å². The highest BCUT2D eigenvalue weighted by molar-refractivity contribution is 7.16. The SMILES string of the molecule is N#Cc1cccc(CNc2ccc3ncsc3c2)c1. The summed E-state index contributed by atoms with van der Waals surface area (Å²) in [6, 6.07) is 15.9. The highest BCUT2D eigenvalue weighted by Crippen LogP contribution is 2.22. The second-order valence-electron chi connectivity index (χ2n) is 4.20. The molecule has 1 N–H and O–H groups in total. The van der Waals surface area contributed by atoms with Crippen LogP contribution in [0.1, 0.15) is 11.1 Å². The van der Waals surface area contributed by atoms with Crippen molar-refractivity contribution in [2.24, 2.45) is 0 Å². The van der Waals surface area contributed by atoms with E-state index < -0.39 is 0 Å². The molecule has 0 radical (unpaired) electrons. The molecule has 3 nitrogen and oxygen atoms in total. The molecule has 0 aliphatic rings. The van der Waals surface area contributed by atoms with Gasteiger partial charge in [0.05, 0.1) is 27.4 Å².